The van der Waals surface area contributed by atoms with Crippen LogP contribution in [0.2, 0.25) is 0 Å². The lowest BCUT2D eigenvalue weighted by Crippen LogP contribution is -2.43. The van der Waals surface area contributed by atoms with Crippen molar-refractivity contribution < 1.29 is 17.6 Å². The van der Waals surface area contributed by atoms with Gasteiger partial charge in [0.15, 0.2) is 9.84 Å². The maximum atomic E-state index is 13.4. The summed E-state index contributed by atoms with van der Waals surface area (Å²) >= 11 is 0. The first-order valence-corrected chi connectivity index (χ1v) is 13.9. The largest absolute Gasteiger partial charge is 0.341 e. The van der Waals surface area contributed by atoms with Gasteiger partial charge in [-0.05, 0) is 68.5 Å². The lowest BCUT2D eigenvalue weighted by atomic mass is 9.94. The van der Waals surface area contributed by atoms with Gasteiger partial charge in [0.2, 0.25) is 11.9 Å². The molecule has 0 radical (unpaired) electrons. The molecule has 1 unspecified atom stereocenters. The molecule has 2 aliphatic rings. The van der Waals surface area contributed by atoms with Crippen molar-refractivity contribution in [1.82, 2.24) is 14.9 Å². The summed E-state index contributed by atoms with van der Waals surface area (Å²) < 4.78 is 37.3. The number of aromatic nitrogens is 2. The molecule has 2 fully saturated rings. The van der Waals surface area contributed by atoms with Gasteiger partial charge in [-0.15, -0.1) is 0 Å². The summed E-state index contributed by atoms with van der Waals surface area (Å²) in [4.78, 5) is 27.0. The van der Waals surface area contributed by atoms with Crippen molar-refractivity contribution in [3.8, 4) is 0 Å². The number of piperidine rings is 1. The topological polar surface area (TPSA) is 83.5 Å². The van der Waals surface area contributed by atoms with Crippen LogP contribution < -0.4 is 4.90 Å². The molecule has 7 nitrogen and oxygen atoms in total. The molecule has 2 aliphatic heterocycles. The molecular weight excluding hydrogens is 467 g/mol. The fraction of sp³-hybridized carbons (Fsp3) is 0.423. The van der Waals surface area contributed by atoms with Crippen molar-refractivity contribution in [2.45, 2.75) is 43.5 Å². The lowest BCUT2D eigenvalue weighted by Gasteiger charge is -2.35. The number of hydrogen-bond donors (Lipinski definition) is 0. The lowest BCUT2D eigenvalue weighted by molar-refractivity contribution is -0.137. The molecule has 3 heterocycles. The van der Waals surface area contributed by atoms with Gasteiger partial charge in [-0.2, -0.15) is 0 Å². The van der Waals surface area contributed by atoms with Gasteiger partial charge in [0.25, 0.3) is 0 Å². The number of halogens is 1. The highest BCUT2D eigenvalue weighted by molar-refractivity contribution is 7.90. The number of fused-ring (bicyclic) bond motifs is 1. The number of benzene rings is 2. The van der Waals surface area contributed by atoms with Gasteiger partial charge in [-0.3, -0.25) is 4.79 Å². The molecule has 9 heteroatoms. The van der Waals surface area contributed by atoms with E-state index in [0.717, 1.165) is 36.0 Å². The van der Waals surface area contributed by atoms with E-state index in [9.17, 15) is 17.6 Å². The van der Waals surface area contributed by atoms with Gasteiger partial charge in [-0.1, -0.05) is 12.1 Å². The van der Waals surface area contributed by atoms with Crippen LogP contribution in [-0.2, 0) is 14.6 Å². The highest BCUT2D eigenvalue weighted by Gasteiger charge is 2.35. The summed E-state index contributed by atoms with van der Waals surface area (Å²) in [7, 11) is -3.33. The predicted molar refractivity (Wildman–Crippen MR) is 132 cm³/mol. The van der Waals surface area contributed by atoms with E-state index in [4.69, 9.17) is 0 Å². The summed E-state index contributed by atoms with van der Waals surface area (Å²) in [5.41, 5.74) is 2.39. The van der Waals surface area contributed by atoms with Crippen molar-refractivity contribution in [2.24, 2.45) is 5.92 Å². The summed E-state index contributed by atoms with van der Waals surface area (Å²) in [5, 5.41) is 0.826. The summed E-state index contributed by atoms with van der Waals surface area (Å²) in [5.74, 6) is 0.406. The molecule has 0 spiro atoms. The van der Waals surface area contributed by atoms with Gasteiger partial charge in [-0.25, -0.2) is 22.8 Å². The molecule has 1 atom stereocenters. The minimum Gasteiger partial charge on any atom is -0.341 e. The molecule has 5 rings (SSSR count). The second-order valence-electron chi connectivity index (χ2n) is 9.56. The van der Waals surface area contributed by atoms with Crippen LogP contribution in [0.15, 0.2) is 47.4 Å². The molecular formula is C26H29FN4O3S. The molecule has 3 aromatic rings. The standard InChI is InChI=1S/C26H29FN4O3S/c1-17-22-10-9-21(35(2,33)34)16-23(22)29-26(28-17)30-14-11-19(12-15-30)25(32)31-13-3-4-24(31)18-5-7-20(27)8-6-18/h5-10,16,19,24H,3-4,11-15H2,1-2H3. The fourth-order valence-electron chi connectivity index (χ4n) is 5.25. The van der Waals surface area contributed by atoms with Crippen LogP contribution >= 0.6 is 0 Å². The summed E-state index contributed by atoms with van der Waals surface area (Å²) in [6.45, 7) is 3.94. The molecule has 0 aliphatic carbocycles. The Labute approximate surface area is 204 Å². The molecule has 0 bridgehead atoms. The zero-order chi connectivity index (χ0) is 24.7. The number of anilines is 1. The fourth-order valence-corrected chi connectivity index (χ4v) is 5.89. The Bertz CT molecular complexity index is 1370. The zero-order valence-electron chi connectivity index (χ0n) is 19.9. The molecule has 184 valence electrons. The maximum Gasteiger partial charge on any atom is 0.226 e. The molecule has 1 aromatic heterocycles. The van der Waals surface area contributed by atoms with Gasteiger partial charge in [0.05, 0.1) is 22.1 Å². The first kappa shape index (κ1) is 23.7. The minimum absolute atomic E-state index is 0.0108. The van der Waals surface area contributed by atoms with Gasteiger partial charge >= 0.3 is 0 Å². The number of hydrogen-bond acceptors (Lipinski definition) is 6. The average molecular weight is 497 g/mol. The van der Waals surface area contributed by atoms with Crippen LogP contribution in [0.1, 0.15) is 43.0 Å². The number of sulfone groups is 1. The smallest absolute Gasteiger partial charge is 0.226 e. The Kier molecular flexibility index (Phi) is 6.21. The first-order valence-electron chi connectivity index (χ1n) is 12.0. The third-order valence-electron chi connectivity index (χ3n) is 7.19. The van der Waals surface area contributed by atoms with Gasteiger partial charge in [0, 0.05) is 37.2 Å². The van der Waals surface area contributed by atoms with Crippen molar-refractivity contribution in [3.05, 3.63) is 59.5 Å². The highest BCUT2D eigenvalue weighted by atomic mass is 32.2. The Balaban J connectivity index is 1.30. The quantitative estimate of drug-likeness (QED) is 0.542. The van der Waals surface area contributed by atoms with Crippen molar-refractivity contribution in [1.29, 1.82) is 0 Å². The van der Waals surface area contributed by atoms with E-state index in [-0.39, 0.29) is 28.6 Å². The Hall–Kier alpha value is -3.07. The first-order chi connectivity index (χ1) is 16.7. The molecule has 2 saturated heterocycles. The van der Waals surface area contributed by atoms with Crippen LogP contribution in [0.4, 0.5) is 10.3 Å². The van der Waals surface area contributed by atoms with E-state index in [0.29, 0.717) is 37.4 Å². The normalized spacial score (nSPS) is 19.5. The van der Waals surface area contributed by atoms with Crippen molar-refractivity contribution >= 4 is 32.6 Å². The Morgan fingerprint density at radius 3 is 2.40 bits per heavy atom. The van der Waals surface area contributed by atoms with Crippen LogP contribution in [0.5, 0.6) is 0 Å². The van der Waals surface area contributed by atoms with Crippen molar-refractivity contribution in [3.63, 3.8) is 0 Å². The summed E-state index contributed by atoms with van der Waals surface area (Å²) in [6.07, 6.45) is 4.44. The molecule has 0 N–H and O–H groups in total. The molecule has 0 saturated carbocycles. The monoisotopic (exact) mass is 496 g/mol. The predicted octanol–water partition coefficient (Wildman–Crippen LogP) is 4.06. The number of carbonyl (C=O) groups excluding carboxylic acids is 1. The number of aryl methyl sites for hydroxylation is 1. The number of amides is 1. The zero-order valence-corrected chi connectivity index (χ0v) is 20.8. The second-order valence-corrected chi connectivity index (χ2v) is 11.6. The van der Waals surface area contributed by atoms with Crippen LogP contribution in [0.25, 0.3) is 10.9 Å². The van der Waals surface area contributed by atoms with Crippen LogP contribution in [0.3, 0.4) is 0 Å². The number of carbonyl (C=O) groups is 1. The summed E-state index contributed by atoms with van der Waals surface area (Å²) in [6, 6.07) is 11.4. The molecule has 35 heavy (non-hydrogen) atoms. The Morgan fingerprint density at radius 1 is 1.00 bits per heavy atom. The van der Waals surface area contributed by atoms with E-state index in [1.807, 2.05) is 11.8 Å². The maximum absolute atomic E-state index is 13.4. The van der Waals surface area contributed by atoms with Crippen LogP contribution in [-0.4, -0.2) is 55.1 Å². The second kappa shape index (κ2) is 9.18. The van der Waals surface area contributed by atoms with Gasteiger partial charge in [0.1, 0.15) is 5.82 Å². The van der Waals surface area contributed by atoms with E-state index in [1.165, 1.54) is 18.4 Å². The SMILES string of the molecule is Cc1nc(N2CCC(C(=O)N3CCCC3c3ccc(F)cc3)CC2)nc2cc(S(C)(=O)=O)ccc12. The van der Waals surface area contributed by atoms with Gasteiger partial charge < -0.3 is 9.80 Å². The van der Waals surface area contributed by atoms with Crippen molar-refractivity contribution in [2.75, 3.05) is 30.8 Å². The van der Waals surface area contributed by atoms with E-state index < -0.39 is 9.84 Å². The third kappa shape index (κ3) is 4.74. The molecule has 1 amide bonds. The molecule has 2 aromatic carbocycles. The van der Waals surface area contributed by atoms with E-state index >= 15 is 0 Å². The average Bonchev–Trinajstić information content (AvgIpc) is 3.33. The van der Waals surface area contributed by atoms with E-state index in [1.54, 1.807) is 30.3 Å². The van der Waals surface area contributed by atoms with Crippen LogP contribution in [0, 0.1) is 18.7 Å². The highest BCUT2D eigenvalue weighted by Crippen LogP contribution is 2.35. The number of nitrogens with zero attached hydrogens (tertiary/aromatic N) is 4. The van der Waals surface area contributed by atoms with E-state index in [2.05, 4.69) is 14.9 Å². The number of rotatable bonds is 4. The number of likely N-dealkylation sites (tertiary alicyclic amines) is 1. The third-order valence-corrected chi connectivity index (χ3v) is 8.30. The minimum atomic E-state index is -3.33. The Morgan fingerprint density at radius 2 is 1.71 bits per heavy atom.